The molecule has 0 aliphatic carbocycles. The Morgan fingerprint density at radius 3 is 2.60 bits per heavy atom. The van der Waals surface area contributed by atoms with Crippen LogP contribution in [0, 0.1) is 0 Å². The van der Waals surface area contributed by atoms with E-state index in [9.17, 15) is 4.79 Å². The number of nitrogens with zero attached hydrogens (tertiary/aromatic N) is 2. The number of H-pyrrole nitrogens is 1. The fourth-order valence-corrected chi connectivity index (χ4v) is 2.24. The molecule has 0 bridgehead atoms. The zero-order chi connectivity index (χ0) is 14.8. The molecule has 0 fully saturated rings. The predicted molar refractivity (Wildman–Crippen MR) is 79.5 cm³/mol. The lowest BCUT2D eigenvalue weighted by atomic mass is 9.83. The first-order valence-electron chi connectivity index (χ1n) is 6.72. The van der Waals surface area contributed by atoms with Crippen LogP contribution in [0.3, 0.4) is 0 Å². The van der Waals surface area contributed by atoms with Crippen LogP contribution < -0.4 is 0 Å². The van der Waals surface area contributed by atoms with E-state index in [0.29, 0.717) is 6.54 Å². The van der Waals surface area contributed by atoms with Crippen LogP contribution in [-0.2, 0) is 12.0 Å². The molecule has 0 saturated carbocycles. The summed E-state index contributed by atoms with van der Waals surface area (Å²) in [6.07, 6.45) is 3.54. The molecule has 0 unspecified atom stereocenters. The summed E-state index contributed by atoms with van der Waals surface area (Å²) in [6, 6.07) is 7.81. The van der Waals surface area contributed by atoms with Gasteiger partial charge in [-0.2, -0.15) is 5.10 Å². The molecule has 1 amide bonds. The minimum Gasteiger partial charge on any atom is -0.337 e. The second-order valence-corrected chi connectivity index (χ2v) is 6.06. The average Bonchev–Trinajstić information content (AvgIpc) is 2.89. The molecule has 2 rings (SSSR count). The second kappa shape index (κ2) is 5.49. The zero-order valence-corrected chi connectivity index (χ0v) is 12.5. The molecule has 0 spiro atoms. The Balaban J connectivity index is 2.25. The van der Waals surface area contributed by atoms with Crippen LogP contribution in [0.15, 0.2) is 36.7 Å². The number of aromatic nitrogens is 2. The van der Waals surface area contributed by atoms with E-state index in [1.165, 1.54) is 0 Å². The first-order chi connectivity index (χ1) is 9.39. The van der Waals surface area contributed by atoms with Gasteiger partial charge in [-0.15, -0.1) is 0 Å². The smallest absolute Gasteiger partial charge is 0.254 e. The number of rotatable bonds is 3. The molecule has 4 heteroatoms. The van der Waals surface area contributed by atoms with Crippen molar-refractivity contribution >= 4 is 5.91 Å². The van der Waals surface area contributed by atoms with E-state index >= 15 is 0 Å². The maximum atomic E-state index is 12.6. The molecule has 2 aromatic rings. The molecule has 106 valence electrons. The van der Waals surface area contributed by atoms with E-state index in [2.05, 4.69) is 31.0 Å². The fourth-order valence-electron chi connectivity index (χ4n) is 2.24. The van der Waals surface area contributed by atoms with Gasteiger partial charge < -0.3 is 4.90 Å². The highest BCUT2D eigenvalue weighted by Gasteiger charge is 2.23. The molecule has 0 atom stereocenters. The summed E-state index contributed by atoms with van der Waals surface area (Å²) in [7, 11) is 1.81. The first kappa shape index (κ1) is 14.3. The lowest BCUT2D eigenvalue weighted by Gasteiger charge is -2.25. The number of nitrogens with one attached hydrogen (secondary N) is 1. The highest BCUT2D eigenvalue weighted by atomic mass is 16.2. The summed E-state index contributed by atoms with van der Waals surface area (Å²) in [6.45, 7) is 6.91. The molecule has 4 nitrogen and oxygen atoms in total. The van der Waals surface area contributed by atoms with E-state index in [1.807, 2.05) is 31.3 Å². The molecular formula is C16H21N3O. The van der Waals surface area contributed by atoms with Crippen molar-refractivity contribution in [3.8, 4) is 0 Å². The van der Waals surface area contributed by atoms with Crippen molar-refractivity contribution in [2.24, 2.45) is 0 Å². The van der Waals surface area contributed by atoms with E-state index in [4.69, 9.17) is 0 Å². The Labute approximate surface area is 119 Å². The third-order valence-electron chi connectivity index (χ3n) is 3.29. The van der Waals surface area contributed by atoms with Gasteiger partial charge in [0.15, 0.2) is 0 Å². The van der Waals surface area contributed by atoms with Crippen molar-refractivity contribution in [3.63, 3.8) is 0 Å². The molecule has 0 aliphatic heterocycles. The van der Waals surface area contributed by atoms with Crippen LogP contribution in [0.25, 0.3) is 0 Å². The third kappa shape index (κ3) is 3.07. The van der Waals surface area contributed by atoms with Crippen molar-refractivity contribution in [3.05, 3.63) is 53.3 Å². The number of carbonyl (C=O) groups excluding carboxylic acids is 1. The highest BCUT2D eigenvalue weighted by Crippen LogP contribution is 2.26. The Kier molecular flexibility index (Phi) is 3.93. The lowest BCUT2D eigenvalue weighted by molar-refractivity contribution is 0.0782. The standard InChI is InChI=1S/C16H21N3O/c1-16(2,3)14-8-6-5-7-13(14)15(20)19(4)11-12-9-17-18-10-12/h5-10H,11H2,1-4H3,(H,17,18). The van der Waals surface area contributed by atoms with Crippen LogP contribution in [0.5, 0.6) is 0 Å². The summed E-state index contributed by atoms with van der Waals surface area (Å²) in [5.74, 6) is 0.0386. The normalized spacial score (nSPS) is 11.4. The van der Waals surface area contributed by atoms with Gasteiger partial charge in [0, 0.05) is 30.9 Å². The molecule has 1 heterocycles. The van der Waals surface area contributed by atoms with Crippen LogP contribution in [0.2, 0.25) is 0 Å². The van der Waals surface area contributed by atoms with E-state index in [0.717, 1.165) is 16.7 Å². The lowest BCUT2D eigenvalue weighted by Crippen LogP contribution is -2.29. The number of carbonyl (C=O) groups is 1. The molecular weight excluding hydrogens is 250 g/mol. The molecule has 0 radical (unpaired) electrons. The summed E-state index contributed by atoms with van der Waals surface area (Å²) >= 11 is 0. The molecule has 0 aliphatic rings. The van der Waals surface area contributed by atoms with Gasteiger partial charge in [0.1, 0.15) is 0 Å². The molecule has 0 saturated heterocycles. The van der Waals surface area contributed by atoms with Crippen molar-refractivity contribution in [2.45, 2.75) is 32.7 Å². The van der Waals surface area contributed by atoms with Gasteiger partial charge in [0.05, 0.1) is 6.20 Å². The van der Waals surface area contributed by atoms with Crippen LogP contribution in [-0.4, -0.2) is 28.1 Å². The van der Waals surface area contributed by atoms with Crippen molar-refractivity contribution < 1.29 is 4.79 Å². The van der Waals surface area contributed by atoms with Gasteiger partial charge in [0.25, 0.3) is 5.91 Å². The number of hydrogen-bond donors (Lipinski definition) is 1. The quantitative estimate of drug-likeness (QED) is 0.933. The van der Waals surface area contributed by atoms with Crippen molar-refractivity contribution in [1.82, 2.24) is 15.1 Å². The van der Waals surface area contributed by atoms with E-state index in [-0.39, 0.29) is 11.3 Å². The summed E-state index contributed by atoms with van der Waals surface area (Å²) in [5.41, 5.74) is 2.78. The Bertz CT molecular complexity index is 582. The largest absolute Gasteiger partial charge is 0.337 e. The Hall–Kier alpha value is -2.10. The van der Waals surface area contributed by atoms with Gasteiger partial charge in [-0.05, 0) is 17.0 Å². The summed E-state index contributed by atoms with van der Waals surface area (Å²) in [4.78, 5) is 14.4. The first-order valence-corrected chi connectivity index (χ1v) is 6.72. The number of hydrogen-bond acceptors (Lipinski definition) is 2. The van der Waals surface area contributed by atoms with Crippen LogP contribution in [0.4, 0.5) is 0 Å². The predicted octanol–water partition coefficient (Wildman–Crippen LogP) is 2.98. The molecule has 1 N–H and O–H groups in total. The highest BCUT2D eigenvalue weighted by molar-refractivity contribution is 5.95. The number of benzene rings is 1. The minimum absolute atomic E-state index is 0.0386. The zero-order valence-electron chi connectivity index (χ0n) is 12.5. The Morgan fingerprint density at radius 1 is 1.30 bits per heavy atom. The molecule has 20 heavy (non-hydrogen) atoms. The van der Waals surface area contributed by atoms with Crippen LogP contribution >= 0.6 is 0 Å². The summed E-state index contributed by atoms with van der Waals surface area (Å²) < 4.78 is 0. The molecule has 1 aromatic carbocycles. The molecule has 1 aromatic heterocycles. The average molecular weight is 271 g/mol. The summed E-state index contributed by atoms with van der Waals surface area (Å²) in [5, 5.41) is 6.66. The fraction of sp³-hybridized carbons (Fsp3) is 0.375. The second-order valence-electron chi connectivity index (χ2n) is 6.06. The van der Waals surface area contributed by atoms with E-state index in [1.54, 1.807) is 17.3 Å². The van der Waals surface area contributed by atoms with Crippen LogP contribution in [0.1, 0.15) is 42.3 Å². The van der Waals surface area contributed by atoms with E-state index < -0.39 is 0 Å². The van der Waals surface area contributed by atoms with Gasteiger partial charge in [-0.1, -0.05) is 39.0 Å². The topological polar surface area (TPSA) is 49.0 Å². The Morgan fingerprint density at radius 2 is 2.00 bits per heavy atom. The number of aromatic amines is 1. The monoisotopic (exact) mass is 271 g/mol. The van der Waals surface area contributed by atoms with Gasteiger partial charge in [0.2, 0.25) is 0 Å². The maximum Gasteiger partial charge on any atom is 0.254 e. The maximum absolute atomic E-state index is 12.6. The third-order valence-corrected chi connectivity index (χ3v) is 3.29. The SMILES string of the molecule is CN(Cc1cn[nH]c1)C(=O)c1ccccc1C(C)(C)C. The van der Waals surface area contributed by atoms with Gasteiger partial charge in [-0.25, -0.2) is 0 Å². The number of amides is 1. The minimum atomic E-state index is -0.0528. The van der Waals surface area contributed by atoms with Gasteiger partial charge in [-0.3, -0.25) is 9.89 Å². The van der Waals surface area contributed by atoms with Crippen molar-refractivity contribution in [2.75, 3.05) is 7.05 Å². The van der Waals surface area contributed by atoms with Gasteiger partial charge >= 0.3 is 0 Å². The van der Waals surface area contributed by atoms with Crippen molar-refractivity contribution in [1.29, 1.82) is 0 Å².